The molecule has 1 aliphatic rings. The number of likely N-dealkylation sites (tertiary alicyclic amines) is 1. The van der Waals surface area contributed by atoms with E-state index in [1.807, 2.05) is 84.8 Å². The third-order valence-corrected chi connectivity index (χ3v) is 6.37. The molecule has 0 radical (unpaired) electrons. The van der Waals surface area contributed by atoms with Crippen LogP contribution in [-0.2, 0) is 11.3 Å². The minimum atomic E-state index is -0.0467. The van der Waals surface area contributed by atoms with Crippen molar-refractivity contribution in [3.8, 4) is 17.3 Å². The summed E-state index contributed by atoms with van der Waals surface area (Å²) >= 11 is 0. The highest BCUT2D eigenvalue weighted by Gasteiger charge is 2.27. The standard InChI is InChI=1S/C28H31N5O2/c1-2-35-26-14-12-24(13-15-26)30-27(34)22-9-8-16-31(20-22)21-23-19-29-33(25-10-4-3-5-11-25)28(23)32-17-6-7-18-32/h3-7,10-15,17-19,22H,2,8-9,16,20-21H2,1H3,(H,30,34)/t22-/m0/s1. The Labute approximate surface area is 205 Å². The van der Waals surface area contributed by atoms with E-state index in [0.717, 1.165) is 61.0 Å². The highest BCUT2D eigenvalue weighted by Crippen LogP contribution is 2.25. The van der Waals surface area contributed by atoms with Crippen LogP contribution in [-0.4, -0.2) is 44.9 Å². The lowest BCUT2D eigenvalue weighted by Crippen LogP contribution is -2.40. The Balaban J connectivity index is 1.29. The lowest BCUT2D eigenvalue weighted by molar-refractivity contribution is -0.121. The summed E-state index contributed by atoms with van der Waals surface area (Å²) in [5.41, 5.74) is 2.96. The second-order valence-corrected chi connectivity index (χ2v) is 8.85. The molecule has 1 atom stereocenters. The minimum Gasteiger partial charge on any atom is -0.494 e. The average Bonchev–Trinajstić information content (AvgIpc) is 3.56. The van der Waals surface area contributed by atoms with Crippen molar-refractivity contribution in [2.24, 2.45) is 5.92 Å². The van der Waals surface area contributed by atoms with Gasteiger partial charge in [0.1, 0.15) is 11.6 Å². The summed E-state index contributed by atoms with van der Waals surface area (Å²) in [5, 5.41) is 7.80. The van der Waals surface area contributed by atoms with E-state index < -0.39 is 0 Å². The van der Waals surface area contributed by atoms with Crippen molar-refractivity contribution in [3.05, 3.63) is 90.9 Å². The molecule has 2 aromatic carbocycles. The Morgan fingerprint density at radius 3 is 2.57 bits per heavy atom. The quantitative estimate of drug-likeness (QED) is 0.398. The third kappa shape index (κ3) is 5.30. The molecule has 1 fully saturated rings. The van der Waals surface area contributed by atoms with Gasteiger partial charge < -0.3 is 14.6 Å². The van der Waals surface area contributed by atoms with Crippen LogP contribution in [0.5, 0.6) is 5.75 Å². The van der Waals surface area contributed by atoms with E-state index in [-0.39, 0.29) is 11.8 Å². The third-order valence-electron chi connectivity index (χ3n) is 6.37. The summed E-state index contributed by atoms with van der Waals surface area (Å²) in [7, 11) is 0. The highest BCUT2D eigenvalue weighted by atomic mass is 16.5. The summed E-state index contributed by atoms with van der Waals surface area (Å²) < 4.78 is 9.58. The summed E-state index contributed by atoms with van der Waals surface area (Å²) in [6, 6.07) is 21.8. The molecule has 0 bridgehead atoms. The number of nitrogens with zero attached hydrogens (tertiary/aromatic N) is 4. The number of anilines is 1. The largest absolute Gasteiger partial charge is 0.494 e. The van der Waals surface area contributed by atoms with Crippen molar-refractivity contribution in [1.29, 1.82) is 0 Å². The van der Waals surface area contributed by atoms with Gasteiger partial charge in [-0.1, -0.05) is 18.2 Å². The number of rotatable bonds is 8. The van der Waals surface area contributed by atoms with Crippen molar-refractivity contribution < 1.29 is 9.53 Å². The van der Waals surface area contributed by atoms with Crippen LogP contribution in [0.3, 0.4) is 0 Å². The Morgan fingerprint density at radius 2 is 1.83 bits per heavy atom. The van der Waals surface area contributed by atoms with E-state index >= 15 is 0 Å². The molecule has 1 N–H and O–H groups in total. The fraction of sp³-hybridized carbons (Fsp3) is 0.286. The van der Waals surface area contributed by atoms with Gasteiger partial charge in [-0.3, -0.25) is 9.69 Å². The molecule has 0 aliphatic carbocycles. The van der Waals surface area contributed by atoms with Gasteiger partial charge in [-0.05, 0) is 74.8 Å². The van der Waals surface area contributed by atoms with Gasteiger partial charge in [0.15, 0.2) is 0 Å². The number of hydrogen-bond acceptors (Lipinski definition) is 4. The SMILES string of the molecule is CCOc1ccc(NC(=O)[C@H]2CCCN(Cc3cnn(-c4ccccc4)c3-n3cccc3)C2)cc1. The number of piperidine rings is 1. The molecule has 1 saturated heterocycles. The van der Waals surface area contributed by atoms with Crippen LogP contribution in [0.2, 0.25) is 0 Å². The Bertz CT molecular complexity index is 1230. The summed E-state index contributed by atoms with van der Waals surface area (Å²) in [5.74, 6) is 1.87. The van der Waals surface area contributed by atoms with Gasteiger partial charge in [0.05, 0.1) is 24.4 Å². The molecule has 1 amide bonds. The maximum absolute atomic E-state index is 13.0. The molecule has 7 nitrogen and oxygen atoms in total. The van der Waals surface area contributed by atoms with Gasteiger partial charge in [0, 0.05) is 36.7 Å². The molecule has 4 aromatic rings. The first-order valence-corrected chi connectivity index (χ1v) is 12.2. The fourth-order valence-electron chi connectivity index (χ4n) is 4.70. The van der Waals surface area contributed by atoms with E-state index in [1.165, 1.54) is 0 Å². The first-order valence-electron chi connectivity index (χ1n) is 12.2. The van der Waals surface area contributed by atoms with Gasteiger partial charge in [0.25, 0.3) is 0 Å². The fourth-order valence-corrected chi connectivity index (χ4v) is 4.70. The summed E-state index contributed by atoms with van der Waals surface area (Å²) in [4.78, 5) is 15.4. The molecule has 7 heteroatoms. The predicted molar refractivity (Wildman–Crippen MR) is 137 cm³/mol. The zero-order valence-electron chi connectivity index (χ0n) is 20.0. The second kappa shape index (κ2) is 10.6. The topological polar surface area (TPSA) is 64.3 Å². The summed E-state index contributed by atoms with van der Waals surface area (Å²) in [6.07, 6.45) is 7.93. The maximum atomic E-state index is 13.0. The number of aromatic nitrogens is 3. The number of carbonyl (C=O) groups is 1. The van der Waals surface area contributed by atoms with Crippen LogP contribution in [0, 0.1) is 5.92 Å². The molecule has 1 aliphatic heterocycles. The van der Waals surface area contributed by atoms with E-state index in [4.69, 9.17) is 9.84 Å². The van der Waals surface area contributed by atoms with Gasteiger partial charge >= 0.3 is 0 Å². The van der Waals surface area contributed by atoms with Crippen molar-refractivity contribution in [2.75, 3.05) is 25.0 Å². The molecule has 0 spiro atoms. The number of carbonyl (C=O) groups excluding carboxylic acids is 1. The number of ether oxygens (including phenoxy) is 1. The Morgan fingerprint density at radius 1 is 1.06 bits per heavy atom. The molecular formula is C28H31N5O2. The number of benzene rings is 2. The van der Waals surface area contributed by atoms with Crippen LogP contribution >= 0.6 is 0 Å². The first kappa shape index (κ1) is 22.9. The van der Waals surface area contributed by atoms with Crippen molar-refractivity contribution in [2.45, 2.75) is 26.3 Å². The van der Waals surface area contributed by atoms with Crippen molar-refractivity contribution in [3.63, 3.8) is 0 Å². The van der Waals surface area contributed by atoms with E-state index in [0.29, 0.717) is 6.61 Å². The van der Waals surface area contributed by atoms with Crippen LogP contribution in [0.1, 0.15) is 25.3 Å². The van der Waals surface area contributed by atoms with Crippen LogP contribution in [0.4, 0.5) is 5.69 Å². The molecule has 180 valence electrons. The van der Waals surface area contributed by atoms with E-state index in [1.54, 1.807) is 0 Å². The number of amides is 1. The normalized spacial score (nSPS) is 16.2. The predicted octanol–water partition coefficient (Wildman–Crippen LogP) is 4.91. The maximum Gasteiger partial charge on any atom is 0.228 e. The first-order chi connectivity index (χ1) is 17.2. The molecule has 35 heavy (non-hydrogen) atoms. The minimum absolute atomic E-state index is 0.0467. The van der Waals surface area contributed by atoms with Crippen LogP contribution < -0.4 is 10.1 Å². The Kier molecular flexibility index (Phi) is 6.95. The Hall–Kier alpha value is -3.84. The number of hydrogen-bond donors (Lipinski definition) is 1. The molecule has 0 unspecified atom stereocenters. The summed E-state index contributed by atoms with van der Waals surface area (Å²) in [6.45, 7) is 5.02. The monoisotopic (exact) mass is 469 g/mol. The van der Waals surface area contributed by atoms with Gasteiger partial charge in [0.2, 0.25) is 5.91 Å². The highest BCUT2D eigenvalue weighted by molar-refractivity contribution is 5.92. The van der Waals surface area contributed by atoms with E-state index in [9.17, 15) is 4.79 Å². The molecule has 2 aromatic heterocycles. The van der Waals surface area contributed by atoms with Gasteiger partial charge in [-0.25, -0.2) is 4.68 Å². The van der Waals surface area contributed by atoms with Gasteiger partial charge in [-0.2, -0.15) is 5.10 Å². The number of nitrogens with one attached hydrogen (secondary N) is 1. The molecule has 0 saturated carbocycles. The van der Waals surface area contributed by atoms with Crippen molar-refractivity contribution >= 4 is 11.6 Å². The lowest BCUT2D eigenvalue weighted by atomic mass is 9.96. The van der Waals surface area contributed by atoms with E-state index in [2.05, 4.69) is 26.9 Å². The zero-order chi connectivity index (χ0) is 24.0. The smallest absolute Gasteiger partial charge is 0.228 e. The molecule has 5 rings (SSSR count). The zero-order valence-corrected chi connectivity index (χ0v) is 20.0. The second-order valence-electron chi connectivity index (χ2n) is 8.85. The molecule has 3 heterocycles. The lowest BCUT2D eigenvalue weighted by Gasteiger charge is -2.32. The molecular weight excluding hydrogens is 438 g/mol. The van der Waals surface area contributed by atoms with Crippen LogP contribution in [0.15, 0.2) is 85.3 Å². The van der Waals surface area contributed by atoms with Crippen LogP contribution in [0.25, 0.3) is 11.5 Å². The van der Waals surface area contributed by atoms with Gasteiger partial charge in [-0.15, -0.1) is 0 Å². The number of para-hydroxylation sites is 1. The average molecular weight is 470 g/mol. The van der Waals surface area contributed by atoms with Crippen molar-refractivity contribution in [1.82, 2.24) is 19.2 Å².